The van der Waals surface area contributed by atoms with Gasteiger partial charge in [0, 0.05) is 34.2 Å². The van der Waals surface area contributed by atoms with Crippen LogP contribution in [0, 0.1) is 6.92 Å². The quantitative estimate of drug-likeness (QED) is 0.767. The number of pyridine rings is 1. The van der Waals surface area contributed by atoms with E-state index in [1.807, 2.05) is 31.2 Å². The van der Waals surface area contributed by atoms with Gasteiger partial charge in [-0.05, 0) is 42.8 Å². The number of amides is 1. The number of carbonyl (C=O) groups is 1. The number of anilines is 1. The largest absolute Gasteiger partial charge is 0.355 e. The van der Waals surface area contributed by atoms with Gasteiger partial charge in [0.2, 0.25) is 0 Å². The molecule has 0 atom stereocenters. The third-order valence-electron chi connectivity index (χ3n) is 3.13. The molecule has 1 amide bonds. The summed E-state index contributed by atoms with van der Waals surface area (Å²) in [5.41, 5.74) is 2.69. The van der Waals surface area contributed by atoms with Crippen molar-refractivity contribution in [3.05, 3.63) is 64.5 Å². The summed E-state index contributed by atoms with van der Waals surface area (Å²) < 4.78 is 6.16. The highest BCUT2D eigenvalue weighted by atomic mass is 79.9. The molecule has 6 heteroatoms. The SMILES string of the molecule is Cc1cc(Br)ccc1NC(=O)c1cc(-c2cccnc2)on1. The summed E-state index contributed by atoms with van der Waals surface area (Å²) in [4.78, 5) is 16.2. The number of rotatable bonds is 3. The lowest BCUT2D eigenvalue weighted by molar-refractivity contribution is 0.101. The lowest BCUT2D eigenvalue weighted by Crippen LogP contribution is -2.12. The van der Waals surface area contributed by atoms with Crippen molar-refractivity contribution in [2.75, 3.05) is 5.32 Å². The Morgan fingerprint density at radius 2 is 2.14 bits per heavy atom. The number of aromatic nitrogens is 2. The fourth-order valence-corrected chi connectivity index (χ4v) is 2.46. The molecular formula is C16H12BrN3O2. The second-order valence-corrected chi connectivity index (χ2v) is 5.65. The van der Waals surface area contributed by atoms with Crippen molar-refractivity contribution in [2.45, 2.75) is 6.92 Å². The summed E-state index contributed by atoms with van der Waals surface area (Å²) in [5, 5.41) is 6.63. The molecule has 0 fully saturated rings. The molecule has 0 bridgehead atoms. The third kappa shape index (κ3) is 3.07. The van der Waals surface area contributed by atoms with E-state index in [4.69, 9.17) is 4.52 Å². The van der Waals surface area contributed by atoms with Crippen molar-refractivity contribution in [3.63, 3.8) is 0 Å². The summed E-state index contributed by atoms with van der Waals surface area (Å²) in [6, 6.07) is 10.9. The molecule has 0 spiro atoms. The van der Waals surface area contributed by atoms with Crippen LogP contribution in [0.15, 0.2) is 57.8 Å². The van der Waals surface area contributed by atoms with Crippen molar-refractivity contribution >= 4 is 27.5 Å². The summed E-state index contributed by atoms with van der Waals surface area (Å²) >= 11 is 3.39. The van der Waals surface area contributed by atoms with Gasteiger partial charge < -0.3 is 9.84 Å². The Kier molecular flexibility index (Phi) is 4.02. The second kappa shape index (κ2) is 6.11. The van der Waals surface area contributed by atoms with Gasteiger partial charge in [0.05, 0.1) is 0 Å². The van der Waals surface area contributed by atoms with E-state index in [0.29, 0.717) is 5.76 Å². The maximum atomic E-state index is 12.2. The van der Waals surface area contributed by atoms with Crippen LogP contribution >= 0.6 is 15.9 Å². The minimum atomic E-state index is -0.315. The number of nitrogens with one attached hydrogen (secondary N) is 1. The smallest absolute Gasteiger partial charge is 0.277 e. The molecule has 3 aromatic rings. The number of carbonyl (C=O) groups excluding carboxylic acids is 1. The summed E-state index contributed by atoms with van der Waals surface area (Å²) in [5.74, 6) is 0.190. The minimum absolute atomic E-state index is 0.223. The van der Waals surface area contributed by atoms with Crippen molar-refractivity contribution in [1.29, 1.82) is 0 Å². The van der Waals surface area contributed by atoms with Crippen molar-refractivity contribution in [3.8, 4) is 11.3 Å². The van der Waals surface area contributed by atoms with E-state index in [9.17, 15) is 4.79 Å². The Morgan fingerprint density at radius 1 is 1.27 bits per heavy atom. The van der Waals surface area contributed by atoms with Crippen molar-refractivity contribution in [1.82, 2.24) is 10.1 Å². The maximum Gasteiger partial charge on any atom is 0.277 e. The van der Waals surface area contributed by atoms with Crippen molar-refractivity contribution in [2.24, 2.45) is 0 Å². The molecule has 2 heterocycles. The van der Waals surface area contributed by atoms with E-state index in [2.05, 4.69) is 31.4 Å². The molecule has 5 nitrogen and oxygen atoms in total. The summed E-state index contributed by atoms with van der Waals surface area (Å²) in [7, 11) is 0. The molecule has 0 saturated heterocycles. The van der Waals surface area contributed by atoms with Gasteiger partial charge in [0.25, 0.3) is 5.91 Å². The minimum Gasteiger partial charge on any atom is -0.355 e. The first-order chi connectivity index (χ1) is 10.6. The van der Waals surface area contributed by atoms with Crippen LogP contribution in [0.25, 0.3) is 11.3 Å². The number of aryl methyl sites for hydroxylation is 1. The average Bonchev–Trinajstić information content (AvgIpc) is 3.01. The first-order valence-electron chi connectivity index (χ1n) is 6.58. The molecule has 1 aromatic carbocycles. The maximum absolute atomic E-state index is 12.2. The molecule has 0 radical (unpaired) electrons. The molecule has 0 saturated carbocycles. The number of nitrogens with zero attached hydrogens (tertiary/aromatic N) is 2. The van der Waals surface area contributed by atoms with Gasteiger partial charge in [-0.25, -0.2) is 0 Å². The highest BCUT2D eigenvalue weighted by molar-refractivity contribution is 9.10. The fourth-order valence-electron chi connectivity index (χ4n) is 1.98. The first-order valence-corrected chi connectivity index (χ1v) is 7.37. The Morgan fingerprint density at radius 3 is 2.86 bits per heavy atom. The third-order valence-corrected chi connectivity index (χ3v) is 3.62. The fraction of sp³-hybridized carbons (Fsp3) is 0.0625. The van der Waals surface area contributed by atoms with Crippen molar-refractivity contribution < 1.29 is 9.32 Å². The van der Waals surface area contributed by atoms with Gasteiger partial charge in [-0.2, -0.15) is 0 Å². The number of hydrogen-bond donors (Lipinski definition) is 1. The molecular weight excluding hydrogens is 346 g/mol. The van der Waals surface area contributed by atoms with Gasteiger partial charge >= 0.3 is 0 Å². The molecule has 3 rings (SSSR count). The topological polar surface area (TPSA) is 68.0 Å². The lowest BCUT2D eigenvalue weighted by Gasteiger charge is -2.06. The predicted octanol–water partition coefficient (Wildman–Crippen LogP) is 4.06. The normalized spacial score (nSPS) is 10.5. The zero-order valence-corrected chi connectivity index (χ0v) is 13.3. The van der Waals surface area contributed by atoms with Crippen LogP contribution in [0.5, 0.6) is 0 Å². The van der Waals surface area contributed by atoms with E-state index in [1.54, 1.807) is 24.5 Å². The van der Waals surface area contributed by atoms with E-state index >= 15 is 0 Å². The van der Waals surface area contributed by atoms with Crippen LogP contribution in [0.4, 0.5) is 5.69 Å². The average molecular weight is 358 g/mol. The van der Waals surface area contributed by atoms with Crippen LogP contribution < -0.4 is 5.32 Å². The Hall–Kier alpha value is -2.47. The van der Waals surface area contributed by atoms with E-state index in [0.717, 1.165) is 21.3 Å². The highest BCUT2D eigenvalue weighted by Gasteiger charge is 2.14. The molecule has 2 aromatic heterocycles. The Balaban J connectivity index is 1.80. The number of benzene rings is 1. The monoisotopic (exact) mass is 357 g/mol. The van der Waals surface area contributed by atoms with E-state index < -0.39 is 0 Å². The number of hydrogen-bond acceptors (Lipinski definition) is 4. The molecule has 0 aliphatic carbocycles. The van der Waals surface area contributed by atoms with Gasteiger partial charge in [-0.15, -0.1) is 0 Å². The molecule has 0 aliphatic rings. The van der Waals surface area contributed by atoms with Gasteiger partial charge in [-0.1, -0.05) is 21.1 Å². The molecule has 110 valence electrons. The highest BCUT2D eigenvalue weighted by Crippen LogP contribution is 2.22. The van der Waals surface area contributed by atoms with Crippen LogP contribution in [-0.2, 0) is 0 Å². The predicted molar refractivity (Wildman–Crippen MR) is 86.6 cm³/mol. The van der Waals surface area contributed by atoms with E-state index in [-0.39, 0.29) is 11.6 Å². The summed E-state index contributed by atoms with van der Waals surface area (Å²) in [6.45, 7) is 1.92. The molecule has 22 heavy (non-hydrogen) atoms. The number of halogens is 1. The molecule has 0 aliphatic heterocycles. The van der Waals surface area contributed by atoms with Crippen LogP contribution in [-0.4, -0.2) is 16.0 Å². The zero-order chi connectivity index (χ0) is 15.5. The Labute approximate surface area is 135 Å². The van der Waals surface area contributed by atoms with Crippen LogP contribution in [0.2, 0.25) is 0 Å². The summed E-state index contributed by atoms with van der Waals surface area (Å²) in [6.07, 6.45) is 3.32. The standard InChI is InChI=1S/C16H12BrN3O2/c1-10-7-12(17)4-5-13(10)19-16(21)14-8-15(22-20-14)11-3-2-6-18-9-11/h2-9H,1H3,(H,19,21). The zero-order valence-electron chi connectivity index (χ0n) is 11.7. The van der Waals surface area contributed by atoms with E-state index in [1.165, 1.54) is 0 Å². The van der Waals surface area contributed by atoms with Gasteiger partial charge in [0.15, 0.2) is 11.5 Å². The molecule has 1 N–H and O–H groups in total. The first kappa shape index (κ1) is 14.5. The van der Waals surface area contributed by atoms with Crippen LogP contribution in [0.3, 0.4) is 0 Å². The Bertz CT molecular complexity index is 815. The lowest BCUT2D eigenvalue weighted by atomic mass is 10.2. The second-order valence-electron chi connectivity index (χ2n) is 4.73. The van der Waals surface area contributed by atoms with Gasteiger partial charge in [0.1, 0.15) is 0 Å². The molecule has 0 unspecified atom stereocenters. The van der Waals surface area contributed by atoms with Crippen LogP contribution in [0.1, 0.15) is 16.1 Å². The van der Waals surface area contributed by atoms with Gasteiger partial charge in [-0.3, -0.25) is 9.78 Å².